The Hall–Kier alpha value is -1.31. The molecule has 0 fully saturated rings. The Kier molecular flexibility index (Phi) is 3.51. The molecule has 0 amide bonds. The van der Waals surface area contributed by atoms with Crippen LogP contribution < -0.4 is 0 Å². The van der Waals surface area contributed by atoms with Crippen LogP contribution in [0.1, 0.15) is 54.6 Å². The third kappa shape index (κ3) is 2.38. The SMILES string of the molecule is CCC(=O)c1cc(C)cc(C(C)C)c1O. The molecule has 0 atom stereocenters. The van der Waals surface area contributed by atoms with E-state index in [1.165, 1.54) is 0 Å². The number of carbonyl (C=O) groups excluding carboxylic acids is 1. The minimum Gasteiger partial charge on any atom is -0.507 e. The van der Waals surface area contributed by atoms with E-state index in [-0.39, 0.29) is 17.5 Å². The van der Waals surface area contributed by atoms with Gasteiger partial charge in [-0.15, -0.1) is 0 Å². The van der Waals surface area contributed by atoms with E-state index in [0.29, 0.717) is 12.0 Å². The molecular weight excluding hydrogens is 188 g/mol. The molecule has 15 heavy (non-hydrogen) atoms. The van der Waals surface area contributed by atoms with Crippen LogP contribution in [0.4, 0.5) is 0 Å². The van der Waals surface area contributed by atoms with Crippen LogP contribution in [0.3, 0.4) is 0 Å². The van der Waals surface area contributed by atoms with Crippen LogP contribution in [0.5, 0.6) is 5.75 Å². The van der Waals surface area contributed by atoms with Crippen LogP contribution in [0.25, 0.3) is 0 Å². The van der Waals surface area contributed by atoms with Crippen molar-refractivity contribution in [2.45, 2.75) is 40.0 Å². The third-order valence-corrected chi connectivity index (χ3v) is 2.53. The Labute approximate surface area is 90.9 Å². The molecule has 1 rings (SSSR count). The number of benzene rings is 1. The number of ketones is 1. The Balaban J connectivity index is 3.34. The van der Waals surface area contributed by atoms with Gasteiger partial charge in [0.25, 0.3) is 0 Å². The fourth-order valence-electron chi connectivity index (χ4n) is 1.65. The van der Waals surface area contributed by atoms with E-state index in [4.69, 9.17) is 0 Å². The molecule has 0 saturated heterocycles. The van der Waals surface area contributed by atoms with Gasteiger partial charge < -0.3 is 5.11 Å². The standard InChI is InChI=1S/C13H18O2/c1-5-12(14)11-7-9(4)6-10(8(2)3)13(11)15/h6-8,15H,5H2,1-4H3. The van der Waals surface area contributed by atoms with Gasteiger partial charge in [-0.1, -0.05) is 26.8 Å². The van der Waals surface area contributed by atoms with Gasteiger partial charge >= 0.3 is 0 Å². The summed E-state index contributed by atoms with van der Waals surface area (Å²) < 4.78 is 0. The second kappa shape index (κ2) is 4.47. The minimum atomic E-state index is -0.00176. The van der Waals surface area contributed by atoms with E-state index in [0.717, 1.165) is 11.1 Å². The van der Waals surface area contributed by atoms with Gasteiger partial charge in [-0.05, 0) is 30.0 Å². The maximum atomic E-state index is 11.6. The molecular formula is C13H18O2. The molecule has 1 aromatic rings. The Morgan fingerprint density at radius 3 is 2.47 bits per heavy atom. The fraction of sp³-hybridized carbons (Fsp3) is 0.462. The lowest BCUT2D eigenvalue weighted by Gasteiger charge is -2.13. The average Bonchev–Trinajstić information content (AvgIpc) is 2.19. The molecule has 0 bridgehead atoms. The number of hydrogen-bond donors (Lipinski definition) is 1. The first-order valence-electron chi connectivity index (χ1n) is 5.34. The highest BCUT2D eigenvalue weighted by Crippen LogP contribution is 2.31. The zero-order valence-corrected chi connectivity index (χ0v) is 9.79. The van der Waals surface area contributed by atoms with E-state index < -0.39 is 0 Å². The van der Waals surface area contributed by atoms with Crippen molar-refractivity contribution < 1.29 is 9.90 Å². The molecule has 82 valence electrons. The molecule has 0 spiro atoms. The normalized spacial score (nSPS) is 10.7. The maximum Gasteiger partial charge on any atom is 0.166 e. The van der Waals surface area contributed by atoms with Crippen molar-refractivity contribution in [3.63, 3.8) is 0 Å². The summed E-state index contributed by atoms with van der Waals surface area (Å²) in [7, 11) is 0. The van der Waals surface area contributed by atoms with Crippen LogP contribution in [0, 0.1) is 6.92 Å². The Morgan fingerprint density at radius 1 is 1.40 bits per heavy atom. The van der Waals surface area contributed by atoms with Gasteiger partial charge in [-0.25, -0.2) is 0 Å². The van der Waals surface area contributed by atoms with Crippen LogP contribution in [0.2, 0.25) is 0 Å². The van der Waals surface area contributed by atoms with Crippen molar-refractivity contribution in [1.82, 2.24) is 0 Å². The number of aryl methyl sites for hydroxylation is 1. The lowest BCUT2D eigenvalue weighted by molar-refractivity contribution is 0.0985. The van der Waals surface area contributed by atoms with E-state index >= 15 is 0 Å². The van der Waals surface area contributed by atoms with Crippen LogP contribution in [0.15, 0.2) is 12.1 Å². The molecule has 1 N–H and O–H groups in total. The number of phenols is 1. The number of hydrogen-bond acceptors (Lipinski definition) is 2. The summed E-state index contributed by atoms with van der Waals surface area (Å²) in [6.07, 6.45) is 0.425. The van der Waals surface area contributed by atoms with Crippen LogP contribution >= 0.6 is 0 Å². The van der Waals surface area contributed by atoms with Crippen LogP contribution in [-0.2, 0) is 0 Å². The highest BCUT2D eigenvalue weighted by atomic mass is 16.3. The minimum absolute atomic E-state index is 0.00176. The van der Waals surface area contributed by atoms with Gasteiger partial charge in [0.2, 0.25) is 0 Å². The molecule has 0 aliphatic rings. The Morgan fingerprint density at radius 2 is 2.00 bits per heavy atom. The third-order valence-electron chi connectivity index (χ3n) is 2.53. The highest BCUT2D eigenvalue weighted by Gasteiger charge is 2.15. The van der Waals surface area contributed by atoms with Gasteiger partial charge in [-0.2, -0.15) is 0 Å². The fourth-order valence-corrected chi connectivity index (χ4v) is 1.65. The zero-order valence-electron chi connectivity index (χ0n) is 9.79. The van der Waals surface area contributed by atoms with Crippen molar-refractivity contribution in [1.29, 1.82) is 0 Å². The second-order valence-electron chi connectivity index (χ2n) is 4.18. The van der Waals surface area contributed by atoms with E-state index in [1.54, 1.807) is 13.0 Å². The van der Waals surface area contributed by atoms with Gasteiger partial charge in [0.05, 0.1) is 5.56 Å². The zero-order chi connectivity index (χ0) is 11.6. The average molecular weight is 206 g/mol. The number of phenolic OH excluding ortho intramolecular Hbond substituents is 1. The predicted octanol–water partition coefficient (Wildman–Crippen LogP) is 3.42. The smallest absolute Gasteiger partial charge is 0.166 e. The van der Waals surface area contributed by atoms with Gasteiger partial charge in [0.1, 0.15) is 5.75 Å². The van der Waals surface area contributed by atoms with E-state index in [2.05, 4.69) is 0 Å². The number of carbonyl (C=O) groups is 1. The Bertz CT molecular complexity index is 378. The molecule has 0 radical (unpaired) electrons. The lowest BCUT2D eigenvalue weighted by Crippen LogP contribution is -2.01. The van der Waals surface area contributed by atoms with Crippen molar-refractivity contribution in [3.05, 3.63) is 28.8 Å². The summed E-state index contributed by atoms with van der Waals surface area (Å²) in [4.78, 5) is 11.6. The second-order valence-corrected chi connectivity index (χ2v) is 4.18. The van der Waals surface area contributed by atoms with E-state index in [1.807, 2.05) is 26.8 Å². The molecule has 0 aromatic heterocycles. The molecule has 2 nitrogen and oxygen atoms in total. The van der Waals surface area contributed by atoms with Crippen molar-refractivity contribution in [3.8, 4) is 5.75 Å². The molecule has 0 saturated carbocycles. The maximum absolute atomic E-state index is 11.6. The first-order chi connectivity index (χ1) is 6.97. The first-order valence-corrected chi connectivity index (χ1v) is 5.34. The summed E-state index contributed by atoms with van der Waals surface area (Å²) in [5.41, 5.74) is 2.33. The quantitative estimate of drug-likeness (QED) is 0.769. The molecule has 0 unspecified atom stereocenters. The number of rotatable bonds is 3. The monoisotopic (exact) mass is 206 g/mol. The lowest BCUT2D eigenvalue weighted by atomic mass is 9.94. The summed E-state index contributed by atoms with van der Waals surface area (Å²) in [6, 6.07) is 3.69. The van der Waals surface area contributed by atoms with E-state index in [9.17, 15) is 9.90 Å². The molecule has 2 heteroatoms. The predicted molar refractivity (Wildman–Crippen MR) is 61.6 cm³/mol. The van der Waals surface area contributed by atoms with Crippen molar-refractivity contribution >= 4 is 5.78 Å². The van der Waals surface area contributed by atoms with Crippen molar-refractivity contribution in [2.75, 3.05) is 0 Å². The van der Waals surface area contributed by atoms with Crippen molar-refractivity contribution in [2.24, 2.45) is 0 Å². The van der Waals surface area contributed by atoms with Gasteiger partial charge in [0.15, 0.2) is 5.78 Å². The molecule has 0 heterocycles. The summed E-state index contributed by atoms with van der Waals surface area (Å²) >= 11 is 0. The molecule has 1 aromatic carbocycles. The van der Waals surface area contributed by atoms with Gasteiger partial charge in [-0.3, -0.25) is 4.79 Å². The summed E-state index contributed by atoms with van der Waals surface area (Å²) in [6.45, 7) is 7.76. The van der Waals surface area contributed by atoms with Gasteiger partial charge in [0, 0.05) is 6.42 Å². The summed E-state index contributed by atoms with van der Waals surface area (Å²) in [5, 5.41) is 9.96. The highest BCUT2D eigenvalue weighted by molar-refractivity contribution is 5.99. The molecule has 0 aliphatic carbocycles. The largest absolute Gasteiger partial charge is 0.507 e. The molecule has 0 aliphatic heterocycles. The topological polar surface area (TPSA) is 37.3 Å². The van der Waals surface area contributed by atoms with Crippen LogP contribution in [-0.4, -0.2) is 10.9 Å². The number of aromatic hydroxyl groups is 1. The first kappa shape index (κ1) is 11.8. The summed E-state index contributed by atoms with van der Waals surface area (Å²) in [5.74, 6) is 0.383. The number of Topliss-reactive ketones (excluding diaryl/α,β-unsaturated/α-hetero) is 1.